The van der Waals surface area contributed by atoms with Gasteiger partial charge in [-0.25, -0.2) is 4.79 Å². The van der Waals surface area contributed by atoms with Crippen molar-refractivity contribution in [1.82, 2.24) is 9.13 Å². The van der Waals surface area contributed by atoms with Gasteiger partial charge in [0, 0.05) is 17.8 Å². The van der Waals surface area contributed by atoms with Crippen LogP contribution in [0.2, 0.25) is 0 Å². The lowest BCUT2D eigenvalue weighted by atomic mass is 10.1. The van der Waals surface area contributed by atoms with Crippen molar-refractivity contribution in [2.45, 2.75) is 40.8 Å². The fourth-order valence-corrected chi connectivity index (χ4v) is 5.64. The molecule has 37 heavy (non-hydrogen) atoms. The van der Waals surface area contributed by atoms with Crippen molar-refractivity contribution in [2.24, 2.45) is 0 Å². The van der Waals surface area contributed by atoms with Crippen molar-refractivity contribution >= 4 is 38.4 Å². The first-order valence-electron chi connectivity index (χ1n) is 10.1. The van der Waals surface area contributed by atoms with E-state index >= 15 is 0 Å². The molecule has 5 atom stereocenters. The lowest BCUT2D eigenvalue weighted by molar-refractivity contribution is -0.0555. The second-order valence-electron chi connectivity index (χ2n) is 7.92. The van der Waals surface area contributed by atoms with Gasteiger partial charge < -0.3 is 34.2 Å². The molecule has 0 radical (unpaired) electrons. The summed E-state index contributed by atoms with van der Waals surface area (Å²) in [6.07, 6.45) is -6.52. The minimum Gasteiger partial charge on any atom is -0.387 e. The van der Waals surface area contributed by atoms with Crippen LogP contribution in [0, 0.1) is 0 Å². The number of halogens is 4. The van der Waals surface area contributed by atoms with E-state index in [1.54, 1.807) is 0 Å². The molecule has 2 unspecified atom stereocenters. The Balaban J connectivity index is 1.85. The minimum absolute atomic E-state index is 0.191. The summed E-state index contributed by atoms with van der Waals surface area (Å²) in [6.45, 7) is -2.47. The topological polar surface area (TPSA) is 198 Å². The lowest BCUT2D eigenvalue weighted by Crippen LogP contribution is -2.45. The smallest absolute Gasteiger partial charge is 0.376 e. The molecule has 0 spiro atoms. The third-order valence-electron chi connectivity index (χ3n) is 5.36. The van der Waals surface area contributed by atoms with E-state index in [0.29, 0.717) is 4.57 Å². The van der Waals surface area contributed by atoms with E-state index in [9.17, 15) is 42.6 Å². The Hall–Kier alpha value is -1.48. The molecule has 0 saturated carbocycles. The highest BCUT2D eigenvalue weighted by molar-refractivity contribution is 7.78. The molecule has 3 rings (SSSR count). The van der Waals surface area contributed by atoms with Gasteiger partial charge in [-0.3, -0.25) is 23.1 Å². The summed E-state index contributed by atoms with van der Waals surface area (Å²) in [5.41, 5.74) is -2.90. The average Bonchev–Trinajstić information content (AvgIpc) is 3.09. The standard InChI is InChI=1S/C18H20Cl2F2N2O11P2/c19-18(20,36(29,30)31)37(32,33)34-8-11-13(26)14(27)15(35-11)23-7-6-12(25)24(16(23)28)9-17(21,22)10-4-2-1-3-5-10/h1-7,11,13-15,26-27H,8-9H2,(H,32,33)(H2,29,30,31)/t11-,13?,14+,15-/m1/s1. The summed E-state index contributed by atoms with van der Waals surface area (Å²) in [5, 5.41) is 20.6. The molecule has 1 aromatic heterocycles. The van der Waals surface area contributed by atoms with Crippen molar-refractivity contribution in [3.05, 3.63) is 69.0 Å². The Morgan fingerprint density at radius 3 is 2.19 bits per heavy atom. The quantitative estimate of drug-likeness (QED) is 0.199. The van der Waals surface area contributed by atoms with Crippen LogP contribution in [-0.2, 0) is 30.9 Å². The summed E-state index contributed by atoms with van der Waals surface area (Å²) in [4.78, 5) is 53.1. The van der Waals surface area contributed by atoms with Gasteiger partial charge in [0.15, 0.2) is 6.23 Å². The zero-order valence-electron chi connectivity index (χ0n) is 18.3. The van der Waals surface area contributed by atoms with E-state index in [-0.39, 0.29) is 4.57 Å². The normalized spacial score (nSPS) is 24.7. The molecule has 19 heteroatoms. The van der Waals surface area contributed by atoms with Crippen molar-refractivity contribution in [2.75, 3.05) is 6.61 Å². The zero-order chi connectivity index (χ0) is 28.0. The van der Waals surface area contributed by atoms with Crippen molar-refractivity contribution in [3.63, 3.8) is 0 Å². The summed E-state index contributed by atoms with van der Waals surface area (Å²) < 4.78 is 59.9. The number of aromatic nitrogens is 2. The molecule has 0 bridgehead atoms. The minimum atomic E-state index is -5.59. The fourth-order valence-electron chi connectivity index (χ4n) is 3.36. The lowest BCUT2D eigenvalue weighted by Gasteiger charge is -2.26. The number of hydrogen-bond donors (Lipinski definition) is 5. The predicted molar refractivity (Wildman–Crippen MR) is 123 cm³/mol. The summed E-state index contributed by atoms with van der Waals surface area (Å²) >= 11 is 10.6. The molecule has 2 aromatic rings. The molecule has 1 fully saturated rings. The average molecular weight is 611 g/mol. The summed E-state index contributed by atoms with van der Waals surface area (Å²) in [6, 6.07) is 7.11. The molecular weight excluding hydrogens is 591 g/mol. The van der Waals surface area contributed by atoms with Crippen LogP contribution in [-0.4, -0.2) is 62.8 Å². The maximum Gasteiger partial charge on any atom is 0.376 e. The van der Waals surface area contributed by atoms with Gasteiger partial charge in [-0.1, -0.05) is 53.5 Å². The van der Waals surface area contributed by atoms with Crippen molar-refractivity contribution < 1.29 is 52.1 Å². The Morgan fingerprint density at radius 2 is 1.62 bits per heavy atom. The van der Waals surface area contributed by atoms with E-state index < -0.39 is 79.4 Å². The molecule has 1 saturated heterocycles. The number of hydrogen-bond acceptors (Lipinski definition) is 8. The van der Waals surface area contributed by atoms with Crippen LogP contribution >= 0.6 is 38.4 Å². The number of rotatable bonds is 9. The van der Waals surface area contributed by atoms with E-state index in [1.807, 2.05) is 0 Å². The van der Waals surface area contributed by atoms with E-state index in [1.165, 1.54) is 18.2 Å². The zero-order valence-corrected chi connectivity index (χ0v) is 21.6. The first-order valence-corrected chi connectivity index (χ1v) is 14.0. The molecule has 1 aliphatic rings. The number of ether oxygens (including phenoxy) is 1. The van der Waals surface area contributed by atoms with Crippen LogP contribution in [0.4, 0.5) is 8.78 Å². The Kier molecular flexibility index (Phi) is 8.61. The predicted octanol–water partition coefficient (Wildman–Crippen LogP) is 0.890. The van der Waals surface area contributed by atoms with Gasteiger partial charge in [0.05, 0.1) is 13.2 Å². The van der Waals surface area contributed by atoms with Crippen LogP contribution in [0.15, 0.2) is 52.2 Å². The second-order valence-corrected chi connectivity index (χ2v) is 14.4. The van der Waals surface area contributed by atoms with Gasteiger partial charge in [0.1, 0.15) is 18.3 Å². The van der Waals surface area contributed by atoms with Gasteiger partial charge in [-0.2, -0.15) is 8.78 Å². The third kappa shape index (κ3) is 5.92. The molecule has 13 nitrogen and oxygen atoms in total. The van der Waals surface area contributed by atoms with Crippen LogP contribution in [0.3, 0.4) is 0 Å². The molecule has 1 aromatic carbocycles. The van der Waals surface area contributed by atoms with Crippen molar-refractivity contribution in [1.29, 1.82) is 0 Å². The number of benzene rings is 1. The SMILES string of the molecule is O=c1ccn([C@@H]2O[C@H](COP(=O)(O)C(Cl)(Cl)P(=O)(O)O)C(O)[C@@H]2O)c(=O)n1CC(F)(F)c1ccccc1. The fraction of sp³-hybridized carbons (Fsp3) is 0.444. The molecule has 0 amide bonds. The molecule has 2 heterocycles. The van der Waals surface area contributed by atoms with E-state index in [0.717, 1.165) is 24.4 Å². The molecule has 206 valence electrons. The Bertz CT molecular complexity index is 1350. The maximum atomic E-state index is 14.7. The van der Waals surface area contributed by atoms with Gasteiger partial charge in [0.25, 0.3) is 11.5 Å². The van der Waals surface area contributed by atoms with E-state index in [2.05, 4.69) is 4.52 Å². The summed E-state index contributed by atoms with van der Waals surface area (Å²) in [5.74, 6) is -3.65. The first kappa shape index (κ1) is 30.1. The second kappa shape index (κ2) is 10.6. The van der Waals surface area contributed by atoms with Crippen molar-refractivity contribution in [3.8, 4) is 0 Å². The van der Waals surface area contributed by atoms with Gasteiger partial charge in [-0.15, -0.1) is 0 Å². The number of nitrogens with zero attached hydrogens (tertiary/aromatic N) is 2. The molecule has 0 aliphatic carbocycles. The third-order valence-corrected chi connectivity index (χ3v) is 11.4. The molecule has 5 N–H and O–H groups in total. The highest BCUT2D eigenvalue weighted by Gasteiger charge is 2.60. The Labute approximate surface area is 216 Å². The van der Waals surface area contributed by atoms with Crippen LogP contribution in [0.1, 0.15) is 11.8 Å². The molecular formula is C18H20Cl2F2N2O11P2. The van der Waals surface area contributed by atoms with Crippen LogP contribution in [0.5, 0.6) is 0 Å². The number of aliphatic hydroxyl groups is 2. The summed E-state index contributed by atoms with van der Waals surface area (Å²) in [7, 11) is -11.1. The first-order chi connectivity index (χ1) is 16.9. The molecule has 1 aliphatic heterocycles. The van der Waals surface area contributed by atoms with Crippen LogP contribution in [0.25, 0.3) is 0 Å². The monoisotopic (exact) mass is 610 g/mol. The largest absolute Gasteiger partial charge is 0.387 e. The van der Waals surface area contributed by atoms with E-state index in [4.69, 9.17) is 37.7 Å². The van der Waals surface area contributed by atoms with Gasteiger partial charge >= 0.3 is 24.7 Å². The van der Waals surface area contributed by atoms with Crippen LogP contribution < -0.4 is 11.2 Å². The maximum absolute atomic E-state index is 14.7. The highest BCUT2D eigenvalue weighted by Crippen LogP contribution is 2.75. The van der Waals surface area contributed by atoms with Gasteiger partial charge in [-0.05, 0) is 0 Å². The number of alkyl halides is 4. The Morgan fingerprint density at radius 1 is 1.03 bits per heavy atom. The highest BCUT2D eigenvalue weighted by atomic mass is 35.5. The number of aliphatic hydroxyl groups excluding tert-OH is 2. The van der Waals surface area contributed by atoms with Gasteiger partial charge in [0.2, 0.25) is 0 Å².